The van der Waals surface area contributed by atoms with Crippen molar-refractivity contribution in [3.63, 3.8) is 0 Å². The zero-order valence-electron chi connectivity index (χ0n) is 17.2. The van der Waals surface area contributed by atoms with E-state index in [4.69, 9.17) is 19.4 Å². The van der Waals surface area contributed by atoms with Gasteiger partial charge in [0, 0.05) is 5.56 Å². The van der Waals surface area contributed by atoms with Gasteiger partial charge in [-0.05, 0) is 43.6 Å². The average molecular weight is 418 g/mol. The minimum absolute atomic E-state index is 0.0538. The zero-order valence-corrected chi connectivity index (χ0v) is 18.0. The van der Waals surface area contributed by atoms with Gasteiger partial charge in [-0.15, -0.1) is 0 Å². The van der Waals surface area contributed by atoms with Crippen molar-refractivity contribution in [1.29, 1.82) is 0 Å². The molecule has 8 heteroatoms. The Morgan fingerprint density at radius 3 is 2.79 bits per heavy atom. The molecule has 0 saturated carbocycles. The Morgan fingerprint density at radius 2 is 2.07 bits per heavy atom. The van der Waals surface area contributed by atoms with E-state index < -0.39 is 15.9 Å². The van der Waals surface area contributed by atoms with Gasteiger partial charge in [-0.2, -0.15) is 0 Å². The lowest BCUT2D eigenvalue weighted by Crippen LogP contribution is -2.56. The van der Waals surface area contributed by atoms with Crippen molar-refractivity contribution < 1.29 is 19.1 Å². The molecular formula is C21H27N3O4S. The van der Waals surface area contributed by atoms with Crippen LogP contribution in [-0.2, 0) is 27.3 Å². The van der Waals surface area contributed by atoms with Gasteiger partial charge in [0.15, 0.2) is 22.1 Å². The van der Waals surface area contributed by atoms with Crippen molar-refractivity contribution in [2.24, 2.45) is 0 Å². The van der Waals surface area contributed by atoms with Crippen LogP contribution in [0.15, 0.2) is 24.3 Å². The first-order valence-corrected chi connectivity index (χ1v) is 11.3. The number of morpholine rings is 1. The fraction of sp³-hybridized carbons (Fsp3) is 0.524. The summed E-state index contributed by atoms with van der Waals surface area (Å²) in [6.07, 6.45) is 1.68. The molecule has 3 atom stereocenters. The second kappa shape index (κ2) is 7.75. The number of benzene rings is 1. The summed E-state index contributed by atoms with van der Waals surface area (Å²) >= 11 is -1.17. The summed E-state index contributed by atoms with van der Waals surface area (Å²) in [7, 11) is 0. The smallest absolute Gasteiger partial charge is 0.189 e. The number of fused-ring (bicyclic) bond motifs is 3. The number of rotatable bonds is 4. The third-order valence-corrected chi connectivity index (χ3v) is 7.34. The first-order valence-electron chi connectivity index (χ1n) is 9.78. The molecule has 2 aromatic rings. The number of aromatic nitrogens is 2. The Kier molecular flexibility index (Phi) is 5.46. The molecule has 7 nitrogen and oxygen atoms in total. The first-order chi connectivity index (χ1) is 13.8. The molecule has 4 rings (SSSR count). The van der Waals surface area contributed by atoms with Crippen LogP contribution in [0.1, 0.15) is 32.0 Å². The van der Waals surface area contributed by atoms with E-state index in [1.54, 1.807) is 6.26 Å². The van der Waals surface area contributed by atoms with Crippen LogP contribution in [0.5, 0.6) is 5.75 Å². The van der Waals surface area contributed by atoms with Crippen molar-refractivity contribution in [1.82, 2.24) is 9.97 Å². The fourth-order valence-corrected chi connectivity index (χ4v) is 4.22. The van der Waals surface area contributed by atoms with Gasteiger partial charge in [-0.3, -0.25) is 0 Å². The van der Waals surface area contributed by atoms with E-state index in [0.29, 0.717) is 37.1 Å². The average Bonchev–Trinajstić information content (AvgIpc) is 2.72. The Labute approximate surface area is 174 Å². The minimum Gasteiger partial charge on any atom is -0.616 e. The standard InChI is InChI=1S/C21H27N3O4S/c1-13-10-27-11-16-12-28-17-18(21(2,3)29(4)26)22-19(23-20(17)24(13)16)15-7-5-6-14(8-15)9-25/h5-8,13,16,25H,9-12H2,1-4H3/t13-,16+,29?/m1/s1. The highest BCUT2D eigenvalue weighted by atomic mass is 32.2. The van der Waals surface area contributed by atoms with E-state index >= 15 is 0 Å². The van der Waals surface area contributed by atoms with Crippen LogP contribution in [0.2, 0.25) is 0 Å². The number of aliphatic hydroxyl groups excluding tert-OH is 1. The second-order valence-corrected chi connectivity index (χ2v) is 10.1. The number of anilines is 1. The van der Waals surface area contributed by atoms with Crippen molar-refractivity contribution >= 4 is 17.0 Å². The summed E-state index contributed by atoms with van der Waals surface area (Å²) in [5, 5.41) is 9.52. The van der Waals surface area contributed by atoms with Gasteiger partial charge in [0.1, 0.15) is 12.3 Å². The van der Waals surface area contributed by atoms with Crippen molar-refractivity contribution in [2.75, 3.05) is 31.0 Å². The van der Waals surface area contributed by atoms with Crippen LogP contribution in [-0.4, -0.2) is 57.8 Å². The van der Waals surface area contributed by atoms with E-state index in [1.165, 1.54) is 0 Å². The Hall–Kier alpha value is -1.87. The molecule has 156 valence electrons. The molecule has 29 heavy (non-hydrogen) atoms. The molecule has 0 amide bonds. The van der Waals surface area contributed by atoms with Crippen LogP contribution in [0.3, 0.4) is 0 Å². The van der Waals surface area contributed by atoms with E-state index in [0.717, 1.165) is 16.9 Å². The first kappa shape index (κ1) is 20.4. The molecule has 1 fully saturated rings. The van der Waals surface area contributed by atoms with Gasteiger partial charge in [0.05, 0.1) is 38.2 Å². The van der Waals surface area contributed by atoms with Crippen LogP contribution in [0.4, 0.5) is 5.82 Å². The van der Waals surface area contributed by atoms with Gasteiger partial charge >= 0.3 is 0 Å². The molecule has 1 aromatic carbocycles. The quantitative estimate of drug-likeness (QED) is 0.763. The number of aliphatic hydroxyl groups is 1. The lowest BCUT2D eigenvalue weighted by atomic mass is 10.0. The Balaban J connectivity index is 1.93. The summed E-state index contributed by atoms with van der Waals surface area (Å²) in [5.41, 5.74) is 2.24. The highest BCUT2D eigenvalue weighted by Crippen LogP contribution is 2.44. The van der Waals surface area contributed by atoms with Gasteiger partial charge in [0.25, 0.3) is 0 Å². The van der Waals surface area contributed by atoms with Gasteiger partial charge in [-0.1, -0.05) is 18.2 Å². The lowest BCUT2D eigenvalue weighted by Gasteiger charge is -2.45. The maximum absolute atomic E-state index is 12.6. The van der Waals surface area contributed by atoms with Gasteiger partial charge in [-0.25, -0.2) is 9.97 Å². The summed E-state index contributed by atoms with van der Waals surface area (Å²) in [5.74, 6) is 1.87. The number of hydrogen-bond donors (Lipinski definition) is 1. The highest BCUT2D eigenvalue weighted by molar-refractivity contribution is 7.91. The van der Waals surface area contributed by atoms with Crippen LogP contribution >= 0.6 is 0 Å². The van der Waals surface area contributed by atoms with Crippen molar-refractivity contribution in [3.8, 4) is 17.1 Å². The molecule has 0 radical (unpaired) electrons. The van der Waals surface area contributed by atoms with E-state index in [-0.39, 0.29) is 18.7 Å². The molecule has 3 heterocycles. The van der Waals surface area contributed by atoms with Crippen molar-refractivity contribution in [2.45, 2.75) is 44.2 Å². The number of ether oxygens (including phenoxy) is 2. The second-order valence-electron chi connectivity index (χ2n) is 8.13. The fourth-order valence-electron chi connectivity index (χ4n) is 3.81. The maximum atomic E-state index is 12.6. The molecule has 1 aromatic heterocycles. The van der Waals surface area contributed by atoms with Crippen molar-refractivity contribution in [3.05, 3.63) is 35.5 Å². The van der Waals surface area contributed by atoms with E-state index in [2.05, 4.69) is 11.8 Å². The molecular weight excluding hydrogens is 390 g/mol. The summed E-state index contributed by atoms with van der Waals surface area (Å²) in [6.45, 7) is 7.57. The maximum Gasteiger partial charge on any atom is 0.189 e. The molecule has 2 aliphatic heterocycles. The predicted molar refractivity (Wildman–Crippen MR) is 113 cm³/mol. The highest BCUT2D eigenvalue weighted by Gasteiger charge is 2.43. The van der Waals surface area contributed by atoms with Crippen LogP contribution < -0.4 is 9.64 Å². The van der Waals surface area contributed by atoms with Gasteiger partial charge < -0.3 is 24.0 Å². The number of hydrogen-bond acceptors (Lipinski definition) is 7. The third kappa shape index (κ3) is 3.59. The Morgan fingerprint density at radius 1 is 1.28 bits per heavy atom. The summed E-state index contributed by atoms with van der Waals surface area (Å²) < 4.78 is 23.7. The molecule has 0 bridgehead atoms. The van der Waals surface area contributed by atoms with Gasteiger partial charge in [0.2, 0.25) is 0 Å². The largest absolute Gasteiger partial charge is 0.616 e. The molecule has 1 N–H and O–H groups in total. The zero-order chi connectivity index (χ0) is 20.8. The number of nitrogens with zero attached hydrogens (tertiary/aromatic N) is 3. The molecule has 1 saturated heterocycles. The molecule has 2 aliphatic rings. The normalized spacial score (nSPS) is 22.5. The minimum atomic E-state index is -1.17. The van der Waals surface area contributed by atoms with E-state index in [9.17, 15) is 9.66 Å². The molecule has 0 spiro atoms. The Bertz CT molecular complexity index is 905. The SMILES string of the molecule is C[C@@H]1COC[C@H]2COc3c(nc(-c4cccc(CO)c4)nc3C(C)(C)[S+](C)[O-])N21. The predicted octanol–water partition coefficient (Wildman–Crippen LogP) is 2.24. The lowest BCUT2D eigenvalue weighted by molar-refractivity contribution is 0.0482. The monoisotopic (exact) mass is 417 g/mol. The van der Waals surface area contributed by atoms with Crippen LogP contribution in [0, 0.1) is 0 Å². The summed E-state index contributed by atoms with van der Waals surface area (Å²) in [6, 6.07) is 7.77. The molecule has 0 aliphatic carbocycles. The summed E-state index contributed by atoms with van der Waals surface area (Å²) in [4.78, 5) is 12.0. The third-order valence-electron chi connectivity index (χ3n) is 5.71. The topological polar surface area (TPSA) is 90.8 Å². The van der Waals surface area contributed by atoms with E-state index in [1.807, 2.05) is 38.1 Å². The van der Waals surface area contributed by atoms with Crippen LogP contribution in [0.25, 0.3) is 11.4 Å². The molecule has 1 unspecified atom stereocenters.